The molecule has 0 unspecified atom stereocenters. The smallest absolute Gasteiger partial charge is 0.256 e. The van der Waals surface area contributed by atoms with Crippen LogP contribution in [0.1, 0.15) is 20.3 Å². The van der Waals surface area contributed by atoms with Gasteiger partial charge >= 0.3 is 0 Å². The van der Waals surface area contributed by atoms with E-state index in [9.17, 15) is 10.1 Å². The summed E-state index contributed by atoms with van der Waals surface area (Å²) in [5.74, 6) is 0.610. The van der Waals surface area contributed by atoms with E-state index in [1.54, 1.807) is 0 Å². The third kappa shape index (κ3) is 7.36. The molecule has 0 aliphatic rings. The predicted molar refractivity (Wildman–Crippen MR) is 39.3 cm³/mol. The topological polar surface area (TPSA) is 55.2 Å². The summed E-state index contributed by atoms with van der Waals surface area (Å²) in [5, 5.41) is 12.5. The Morgan fingerprint density at radius 1 is 1.60 bits per heavy atom. The maximum absolute atomic E-state index is 9.79. The Bertz CT molecular complexity index is 104. The Balaban J connectivity index is 2.98. The van der Waals surface area contributed by atoms with E-state index < -0.39 is 0 Å². The van der Waals surface area contributed by atoms with Gasteiger partial charge in [-0.25, -0.2) is 0 Å². The normalized spacial score (nSPS) is 10.3. The summed E-state index contributed by atoms with van der Waals surface area (Å²) in [5.41, 5.74) is 0. The van der Waals surface area contributed by atoms with E-state index in [0.29, 0.717) is 5.92 Å². The first-order valence-electron chi connectivity index (χ1n) is 3.45. The molecular formula is C6H14N2O2. The van der Waals surface area contributed by atoms with E-state index in [2.05, 4.69) is 19.2 Å². The summed E-state index contributed by atoms with van der Waals surface area (Å²) < 4.78 is 0. The minimum atomic E-state index is -0.361. The van der Waals surface area contributed by atoms with Crippen molar-refractivity contribution in [3.8, 4) is 0 Å². The quantitative estimate of drug-likeness (QED) is 0.271. The first-order chi connectivity index (χ1) is 4.63. The number of nitrogens with zero attached hydrogens (tertiary/aromatic N) is 1. The highest BCUT2D eigenvalue weighted by atomic mass is 16.6. The van der Waals surface area contributed by atoms with Crippen LogP contribution in [-0.4, -0.2) is 18.1 Å². The standard InChI is InChI=1S/C6H14N2O2/c1-6(2)3-4-7-5-8(9)10/h6-7H,3-5H2,1-2H3. The molecule has 60 valence electrons. The fraction of sp³-hybridized carbons (Fsp3) is 1.00. The lowest BCUT2D eigenvalue weighted by molar-refractivity contribution is -0.485. The van der Waals surface area contributed by atoms with Crippen molar-refractivity contribution >= 4 is 0 Å². The molecule has 0 fully saturated rings. The van der Waals surface area contributed by atoms with E-state index in [1.807, 2.05) is 0 Å². The fourth-order valence-electron chi connectivity index (χ4n) is 0.561. The zero-order valence-electron chi connectivity index (χ0n) is 6.46. The molecule has 0 heterocycles. The highest BCUT2D eigenvalue weighted by molar-refractivity contribution is 4.46. The van der Waals surface area contributed by atoms with E-state index in [-0.39, 0.29) is 11.6 Å². The Labute approximate surface area is 60.8 Å². The van der Waals surface area contributed by atoms with Crippen LogP contribution in [-0.2, 0) is 0 Å². The van der Waals surface area contributed by atoms with Gasteiger partial charge < -0.3 is 0 Å². The first kappa shape index (κ1) is 9.36. The van der Waals surface area contributed by atoms with E-state index in [4.69, 9.17) is 0 Å². The summed E-state index contributed by atoms with van der Waals surface area (Å²) in [6.45, 7) is 4.80. The Morgan fingerprint density at radius 3 is 2.60 bits per heavy atom. The molecule has 0 aliphatic carbocycles. The van der Waals surface area contributed by atoms with E-state index >= 15 is 0 Å². The van der Waals surface area contributed by atoms with Crippen LogP contribution >= 0.6 is 0 Å². The number of nitrogens with one attached hydrogen (secondary N) is 1. The second-order valence-corrected chi connectivity index (χ2v) is 2.67. The Morgan fingerprint density at radius 2 is 2.20 bits per heavy atom. The molecule has 0 aliphatic heterocycles. The summed E-state index contributed by atoms with van der Waals surface area (Å²) in [4.78, 5) is 9.43. The number of hydrogen-bond acceptors (Lipinski definition) is 3. The van der Waals surface area contributed by atoms with Gasteiger partial charge in [0.1, 0.15) is 0 Å². The minimum Gasteiger partial charge on any atom is -0.263 e. The maximum Gasteiger partial charge on any atom is 0.256 e. The third-order valence-electron chi connectivity index (χ3n) is 1.14. The molecule has 0 saturated carbocycles. The van der Waals surface area contributed by atoms with Crippen molar-refractivity contribution in [3.05, 3.63) is 10.1 Å². The molecular weight excluding hydrogens is 132 g/mol. The highest BCUT2D eigenvalue weighted by Crippen LogP contribution is 1.95. The highest BCUT2D eigenvalue weighted by Gasteiger charge is 1.95. The molecule has 4 nitrogen and oxygen atoms in total. The maximum atomic E-state index is 9.79. The third-order valence-corrected chi connectivity index (χ3v) is 1.14. The summed E-state index contributed by atoms with van der Waals surface area (Å²) in [7, 11) is 0. The lowest BCUT2D eigenvalue weighted by Gasteiger charge is -2.02. The van der Waals surface area contributed by atoms with Crippen LogP contribution in [0.4, 0.5) is 0 Å². The van der Waals surface area contributed by atoms with Crippen molar-refractivity contribution in [2.24, 2.45) is 5.92 Å². The molecule has 0 atom stereocenters. The van der Waals surface area contributed by atoms with Gasteiger partial charge in [0.15, 0.2) is 0 Å². The Kier molecular flexibility index (Phi) is 4.84. The minimum absolute atomic E-state index is 0.118. The monoisotopic (exact) mass is 146 g/mol. The van der Waals surface area contributed by atoms with Gasteiger partial charge in [0.25, 0.3) is 6.67 Å². The van der Waals surface area contributed by atoms with Crippen LogP contribution in [0.15, 0.2) is 0 Å². The van der Waals surface area contributed by atoms with Gasteiger partial charge in [0.2, 0.25) is 0 Å². The van der Waals surface area contributed by atoms with Crippen molar-refractivity contribution in [2.75, 3.05) is 13.2 Å². The van der Waals surface area contributed by atoms with E-state index in [1.165, 1.54) is 0 Å². The van der Waals surface area contributed by atoms with Gasteiger partial charge in [0.05, 0.1) is 0 Å². The van der Waals surface area contributed by atoms with Crippen molar-refractivity contribution in [2.45, 2.75) is 20.3 Å². The van der Waals surface area contributed by atoms with Gasteiger partial charge in [-0.15, -0.1) is 0 Å². The zero-order valence-corrected chi connectivity index (χ0v) is 6.46. The van der Waals surface area contributed by atoms with Crippen LogP contribution in [0.25, 0.3) is 0 Å². The van der Waals surface area contributed by atoms with Crippen molar-refractivity contribution < 1.29 is 4.92 Å². The van der Waals surface area contributed by atoms with Crippen LogP contribution in [0.3, 0.4) is 0 Å². The summed E-state index contributed by atoms with van der Waals surface area (Å²) in [6.07, 6.45) is 0.994. The average molecular weight is 146 g/mol. The van der Waals surface area contributed by atoms with Crippen LogP contribution in [0.5, 0.6) is 0 Å². The number of rotatable bonds is 5. The fourth-order valence-corrected chi connectivity index (χ4v) is 0.561. The second-order valence-electron chi connectivity index (χ2n) is 2.67. The lowest BCUT2D eigenvalue weighted by atomic mass is 10.1. The van der Waals surface area contributed by atoms with Crippen LogP contribution in [0.2, 0.25) is 0 Å². The van der Waals surface area contributed by atoms with Crippen molar-refractivity contribution in [3.63, 3.8) is 0 Å². The van der Waals surface area contributed by atoms with Gasteiger partial charge in [-0.2, -0.15) is 0 Å². The second kappa shape index (κ2) is 5.17. The lowest BCUT2D eigenvalue weighted by Crippen LogP contribution is -2.23. The molecule has 0 aromatic carbocycles. The number of nitro groups is 1. The van der Waals surface area contributed by atoms with Crippen molar-refractivity contribution in [1.82, 2.24) is 5.32 Å². The zero-order chi connectivity index (χ0) is 7.98. The first-order valence-corrected chi connectivity index (χ1v) is 3.45. The van der Waals surface area contributed by atoms with E-state index in [0.717, 1.165) is 13.0 Å². The molecule has 0 bridgehead atoms. The molecule has 0 amide bonds. The molecule has 0 saturated heterocycles. The Hall–Kier alpha value is -0.640. The molecule has 1 N–H and O–H groups in total. The van der Waals surface area contributed by atoms with Crippen molar-refractivity contribution in [1.29, 1.82) is 0 Å². The molecule has 0 rings (SSSR count). The average Bonchev–Trinajstić information content (AvgIpc) is 1.79. The largest absolute Gasteiger partial charge is 0.263 e. The van der Waals surface area contributed by atoms with Gasteiger partial charge in [-0.05, 0) is 12.3 Å². The molecule has 0 spiro atoms. The van der Waals surface area contributed by atoms with Gasteiger partial charge in [0, 0.05) is 11.5 Å². The molecule has 0 radical (unpaired) electrons. The SMILES string of the molecule is CC(C)CCNC[N+](=O)[O-]. The molecule has 10 heavy (non-hydrogen) atoms. The summed E-state index contributed by atoms with van der Waals surface area (Å²) >= 11 is 0. The predicted octanol–water partition coefficient (Wildman–Crippen LogP) is 0.856. The van der Waals surface area contributed by atoms with Crippen LogP contribution < -0.4 is 5.32 Å². The number of hydrogen-bond donors (Lipinski definition) is 1. The van der Waals surface area contributed by atoms with Crippen LogP contribution in [0, 0.1) is 16.0 Å². The molecule has 0 aromatic heterocycles. The van der Waals surface area contributed by atoms with Gasteiger partial charge in [-0.3, -0.25) is 15.4 Å². The summed E-state index contributed by atoms with van der Waals surface area (Å²) in [6, 6.07) is 0. The molecule has 0 aromatic rings. The van der Waals surface area contributed by atoms with Gasteiger partial charge in [-0.1, -0.05) is 13.8 Å². The molecule has 4 heteroatoms.